The summed E-state index contributed by atoms with van der Waals surface area (Å²) >= 11 is 1.26. The van der Waals surface area contributed by atoms with Crippen LogP contribution >= 0.6 is 11.3 Å². The molecule has 0 aliphatic rings. The predicted octanol–water partition coefficient (Wildman–Crippen LogP) is 1.98. The van der Waals surface area contributed by atoms with Gasteiger partial charge in [-0.15, -0.1) is 11.3 Å². The molecule has 1 heterocycles. The molecule has 8 heteroatoms. The minimum atomic E-state index is -0.666. The molecule has 134 valence electrons. The molecule has 2 amide bonds. The Kier molecular flexibility index (Phi) is 7.84. The van der Waals surface area contributed by atoms with Crippen LogP contribution in [0.2, 0.25) is 0 Å². The lowest BCUT2D eigenvalue weighted by atomic mass is 10.0. The van der Waals surface area contributed by atoms with Crippen molar-refractivity contribution in [1.29, 1.82) is 0 Å². The van der Waals surface area contributed by atoms with E-state index in [1.165, 1.54) is 18.4 Å². The summed E-state index contributed by atoms with van der Waals surface area (Å²) in [6.45, 7) is 7.51. The fourth-order valence-corrected chi connectivity index (χ4v) is 2.65. The summed E-state index contributed by atoms with van der Waals surface area (Å²) in [5.74, 6) is -0.787. The molecule has 7 nitrogen and oxygen atoms in total. The highest BCUT2D eigenvalue weighted by Crippen LogP contribution is 2.17. The van der Waals surface area contributed by atoms with Gasteiger partial charge in [-0.3, -0.25) is 9.59 Å². The number of ether oxygens (including phenoxy) is 1. The number of carbonyl (C=O) groups is 3. The van der Waals surface area contributed by atoms with Crippen LogP contribution in [0.25, 0.3) is 0 Å². The summed E-state index contributed by atoms with van der Waals surface area (Å²) in [7, 11) is 1.30. The summed E-state index contributed by atoms with van der Waals surface area (Å²) in [6, 6.07) is -0.666. The monoisotopic (exact) mass is 355 g/mol. The number of rotatable bonds is 8. The Morgan fingerprint density at radius 3 is 2.46 bits per heavy atom. The number of hydrogen-bond acceptors (Lipinski definition) is 6. The molecule has 2 N–H and O–H groups in total. The van der Waals surface area contributed by atoms with Crippen molar-refractivity contribution in [3.63, 3.8) is 0 Å². The zero-order chi connectivity index (χ0) is 18.3. The van der Waals surface area contributed by atoms with Gasteiger partial charge >= 0.3 is 5.97 Å². The van der Waals surface area contributed by atoms with Crippen LogP contribution in [0.1, 0.15) is 39.8 Å². The lowest BCUT2D eigenvalue weighted by Crippen LogP contribution is -2.43. The van der Waals surface area contributed by atoms with Crippen molar-refractivity contribution in [2.24, 2.45) is 11.8 Å². The lowest BCUT2D eigenvalue weighted by Gasteiger charge is -2.18. The van der Waals surface area contributed by atoms with Crippen molar-refractivity contribution in [3.8, 4) is 0 Å². The van der Waals surface area contributed by atoms with Gasteiger partial charge in [-0.25, -0.2) is 9.78 Å². The van der Waals surface area contributed by atoms with E-state index in [2.05, 4.69) is 15.6 Å². The summed E-state index contributed by atoms with van der Waals surface area (Å²) in [4.78, 5) is 39.7. The maximum Gasteiger partial charge on any atom is 0.328 e. The van der Waals surface area contributed by atoms with Crippen LogP contribution in [0.4, 0.5) is 5.13 Å². The van der Waals surface area contributed by atoms with Crippen LogP contribution < -0.4 is 10.6 Å². The number of nitrogens with one attached hydrogen (secondary N) is 2. The van der Waals surface area contributed by atoms with Crippen LogP contribution in [0.3, 0.4) is 0 Å². The summed E-state index contributed by atoms with van der Waals surface area (Å²) in [6.07, 6.45) is 0.546. The number of carbonyl (C=O) groups excluding carboxylic acids is 3. The number of methoxy groups -OCH3 is 1. The van der Waals surface area contributed by atoms with Gasteiger partial charge in [0.1, 0.15) is 6.04 Å². The molecule has 1 aromatic rings. The quantitative estimate of drug-likeness (QED) is 0.695. The maximum atomic E-state index is 12.1. The molecular weight excluding hydrogens is 330 g/mol. The molecule has 24 heavy (non-hydrogen) atoms. The van der Waals surface area contributed by atoms with Gasteiger partial charge in [0.2, 0.25) is 11.8 Å². The molecular formula is C16H25N3O4S. The van der Waals surface area contributed by atoms with Crippen molar-refractivity contribution < 1.29 is 19.1 Å². The van der Waals surface area contributed by atoms with E-state index in [4.69, 9.17) is 4.74 Å². The minimum Gasteiger partial charge on any atom is -0.467 e. The van der Waals surface area contributed by atoms with E-state index < -0.39 is 12.0 Å². The second-order valence-electron chi connectivity index (χ2n) is 6.24. The van der Waals surface area contributed by atoms with Crippen molar-refractivity contribution in [3.05, 3.63) is 11.1 Å². The van der Waals surface area contributed by atoms with E-state index in [1.54, 1.807) is 19.2 Å². The molecule has 1 aromatic heterocycles. The first kappa shape index (κ1) is 20.1. The van der Waals surface area contributed by atoms with E-state index in [9.17, 15) is 14.4 Å². The van der Waals surface area contributed by atoms with Crippen LogP contribution in [0, 0.1) is 11.8 Å². The van der Waals surface area contributed by atoms with Crippen LogP contribution in [-0.2, 0) is 25.5 Å². The predicted molar refractivity (Wildman–Crippen MR) is 92.7 cm³/mol. The second-order valence-corrected chi connectivity index (χ2v) is 7.10. The highest BCUT2D eigenvalue weighted by Gasteiger charge is 2.23. The molecule has 0 bridgehead atoms. The Balaban J connectivity index is 2.62. The summed E-state index contributed by atoms with van der Waals surface area (Å²) in [5, 5.41) is 7.55. The van der Waals surface area contributed by atoms with Gasteiger partial charge in [0.25, 0.3) is 0 Å². The van der Waals surface area contributed by atoms with Crippen molar-refractivity contribution in [2.75, 3.05) is 12.4 Å². The maximum absolute atomic E-state index is 12.1. The van der Waals surface area contributed by atoms with E-state index in [0.717, 1.165) is 0 Å². The number of anilines is 1. The Bertz CT molecular complexity index is 584. The second kappa shape index (κ2) is 9.36. The normalized spacial score (nSPS) is 12.1. The zero-order valence-corrected chi connectivity index (χ0v) is 15.5. The number of aromatic nitrogens is 1. The Morgan fingerprint density at radius 1 is 1.25 bits per heavy atom. The Hall–Kier alpha value is -1.96. The average molecular weight is 355 g/mol. The number of thiazole rings is 1. The standard InChI is InChI=1S/C16H25N3O4S/c1-9(2)6-12(15(22)23-5)18-13(20)7-11-8-24-16(17-11)19-14(21)10(3)4/h8-10,12H,6-7H2,1-5H3,(H,18,20)(H,17,19,21). The molecule has 0 fully saturated rings. The first-order chi connectivity index (χ1) is 11.2. The van der Waals surface area contributed by atoms with Gasteiger partial charge < -0.3 is 15.4 Å². The molecule has 0 aromatic carbocycles. The fourth-order valence-electron chi connectivity index (χ4n) is 1.93. The Labute approximate surface area is 146 Å². The van der Waals surface area contributed by atoms with Gasteiger partial charge in [0.05, 0.1) is 19.2 Å². The van der Waals surface area contributed by atoms with Crippen molar-refractivity contribution >= 4 is 34.3 Å². The molecule has 0 radical (unpaired) electrons. The lowest BCUT2D eigenvalue weighted by molar-refractivity contribution is -0.145. The SMILES string of the molecule is COC(=O)C(CC(C)C)NC(=O)Cc1csc(NC(=O)C(C)C)n1. The molecule has 0 aliphatic carbocycles. The number of esters is 1. The van der Waals surface area contributed by atoms with Crippen LogP contribution in [0.5, 0.6) is 0 Å². The van der Waals surface area contributed by atoms with E-state index >= 15 is 0 Å². The highest BCUT2D eigenvalue weighted by molar-refractivity contribution is 7.13. The molecule has 0 saturated heterocycles. The minimum absolute atomic E-state index is 0.0413. The van der Waals surface area contributed by atoms with E-state index in [1.807, 2.05) is 13.8 Å². The molecule has 1 unspecified atom stereocenters. The number of hydrogen-bond donors (Lipinski definition) is 2. The fraction of sp³-hybridized carbons (Fsp3) is 0.625. The highest BCUT2D eigenvalue weighted by atomic mass is 32.1. The smallest absolute Gasteiger partial charge is 0.328 e. The third-order valence-electron chi connectivity index (χ3n) is 3.18. The summed E-state index contributed by atoms with van der Waals surface area (Å²) < 4.78 is 4.72. The molecule has 0 saturated carbocycles. The summed E-state index contributed by atoms with van der Waals surface area (Å²) in [5.41, 5.74) is 0.546. The third kappa shape index (κ3) is 6.66. The molecule has 1 rings (SSSR count). The molecule has 0 aliphatic heterocycles. The van der Waals surface area contributed by atoms with Crippen LogP contribution in [-0.4, -0.2) is 35.9 Å². The van der Waals surface area contributed by atoms with Crippen LogP contribution in [0.15, 0.2) is 5.38 Å². The zero-order valence-electron chi connectivity index (χ0n) is 14.7. The molecule has 1 atom stereocenters. The number of nitrogens with zero attached hydrogens (tertiary/aromatic N) is 1. The molecule has 0 spiro atoms. The number of amides is 2. The van der Waals surface area contributed by atoms with E-state index in [0.29, 0.717) is 17.2 Å². The first-order valence-corrected chi connectivity index (χ1v) is 8.73. The van der Waals surface area contributed by atoms with Gasteiger partial charge in [0, 0.05) is 11.3 Å². The first-order valence-electron chi connectivity index (χ1n) is 7.85. The average Bonchev–Trinajstić information content (AvgIpc) is 2.91. The van der Waals surface area contributed by atoms with Gasteiger partial charge in [0.15, 0.2) is 5.13 Å². The van der Waals surface area contributed by atoms with Gasteiger partial charge in [-0.2, -0.15) is 0 Å². The third-order valence-corrected chi connectivity index (χ3v) is 3.98. The van der Waals surface area contributed by atoms with Gasteiger partial charge in [-0.1, -0.05) is 27.7 Å². The van der Waals surface area contributed by atoms with E-state index in [-0.39, 0.29) is 30.1 Å². The van der Waals surface area contributed by atoms with Crippen molar-refractivity contribution in [2.45, 2.75) is 46.6 Å². The Morgan fingerprint density at radius 2 is 1.92 bits per heavy atom. The topological polar surface area (TPSA) is 97.4 Å². The van der Waals surface area contributed by atoms with Gasteiger partial charge in [-0.05, 0) is 12.3 Å². The largest absolute Gasteiger partial charge is 0.467 e. The van der Waals surface area contributed by atoms with Crippen molar-refractivity contribution in [1.82, 2.24) is 10.3 Å².